The molecule has 4 heterocycles. The number of alkyl carbamates (subject to hydrolysis) is 1. The van der Waals surface area contributed by atoms with Crippen LogP contribution in [0, 0.1) is 5.92 Å². The number of rotatable bonds is 13. The SMILES string of the molecule is O=C(NC(c1ccccc1)c1cccc(OCc2cccc(CCNC[C@H](O)c3ccc(O)c4[nH]c(=O)ccc34)c2)c1)O[C@H]1CN2CCC1CC2. The van der Waals surface area contributed by atoms with Gasteiger partial charge in [0.05, 0.1) is 17.7 Å². The number of aromatic amines is 1. The molecule has 264 valence electrons. The summed E-state index contributed by atoms with van der Waals surface area (Å²) in [5.41, 5.74) is 4.66. The first-order chi connectivity index (χ1) is 24.9. The van der Waals surface area contributed by atoms with E-state index in [0.29, 0.717) is 47.8 Å². The molecule has 1 unspecified atom stereocenters. The van der Waals surface area contributed by atoms with E-state index in [2.05, 4.69) is 32.7 Å². The van der Waals surface area contributed by atoms with E-state index in [0.717, 1.165) is 61.2 Å². The molecule has 0 aliphatic carbocycles. The van der Waals surface area contributed by atoms with Gasteiger partial charge >= 0.3 is 6.09 Å². The van der Waals surface area contributed by atoms with Crippen LogP contribution in [0.4, 0.5) is 4.79 Å². The van der Waals surface area contributed by atoms with E-state index in [1.54, 1.807) is 12.1 Å². The molecule has 8 rings (SSSR count). The molecule has 3 aliphatic rings. The average Bonchev–Trinajstić information content (AvgIpc) is 3.16. The van der Waals surface area contributed by atoms with Gasteiger partial charge in [-0.05, 0) is 96.9 Å². The van der Waals surface area contributed by atoms with Gasteiger partial charge in [0.1, 0.15) is 24.2 Å². The van der Waals surface area contributed by atoms with Crippen molar-refractivity contribution in [1.82, 2.24) is 20.5 Å². The van der Waals surface area contributed by atoms with Crippen molar-refractivity contribution < 1.29 is 24.5 Å². The first-order valence-corrected chi connectivity index (χ1v) is 17.7. The molecule has 0 radical (unpaired) electrons. The first-order valence-electron chi connectivity index (χ1n) is 17.7. The molecule has 4 aromatic carbocycles. The first kappa shape index (κ1) is 34.3. The minimum atomic E-state index is -0.818. The number of phenols is 1. The molecule has 3 saturated heterocycles. The van der Waals surface area contributed by atoms with E-state index in [1.165, 1.54) is 12.1 Å². The number of aliphatic hydroxyl groups is 1. The maximum Gasteiger partial charge on any atom is 0.408 e. The monoisotopic (exact) mass is 688 g/mol. The highest BCUT2D eigenvalue weighted by molar-refractivity contribution is 5.87. The minimum absolute atomic E-state index is 0.0341. The van der Waals surface area contributed by atoms with Gasteiger partial charge in [0.25, 0.3) is 0 Å². The molecule has 5 aromatic rings. The van der Waals surface area contributed by atoms with E-state index in [-0.39, 0.29) is 17.4 Å². The van der Waals surface area contributed by atoms with Crippen molar-refractivity contribution in [3.8, 4) is 11.5 Å². The molecule has 1 amide bonds. The fourth-order valence-corrected chi connectivity index (χ4v) is 7.29. The Balaban J connectivity index is 0.939. The van der Waals surface area contributed by atoms with Crippen molar-refractivity contribution in [3.05, 3.63) is 141 Å². The summed E-state index contributed by atoms with van der Waals surface area (Å²) in [6.07, 6.45) is 1.61. The normalized spacial score (nSPS) is 19.4. The maximum absolute atomic E-state index is 13.2. The third kappa shape index (κ3) is 8.42. The molecule has 10 heteroatoms. The number of nitrogens with zero attached hydrogens (tertiary/aromatic N) is 1. The smallest absolute Gasteiger partial charge is 0.408 e. The molecule has 5 N–H and O–H groups in total. The van der Waals surface area contributed by atoms with Crippen LogP contribution < -0.4 is 20.9 Å². The number of carbonyl (C=O) groups excluding carboxylic acids is 1. The number of aromatic hydroxyl groups is 1. The summed E-state index contributed by atoms with van der Waals surface area (Å²) in [6, 6.07) is 31.7. The van der Waals surface area contributed by atoms with Gasteiger partial charge in [-0.15, -0.1) is 0 Å². The number of ether oxygens (including phenoxy) is 2. The van der Waals surface area contributed by atoms with Crippen LogP contribution in [0.2, 0.25) is 0 Å². The number of carbonyl (C=O) groups is 1. The van der Waals surface area contributed by atoms with Gasteiger partial charge in [0, 0.05) is 24.5 Å². The van der Waals surface area contributed by atoms with E-state index in [9.17, 15) is 19.8 Å². The summed E-state index contributed by atoms with van der Waals surface area (Å²) in [6.45, 7) is 4.32. The molecular formula is C41H44N4O6. The second kappa shape index (κ2) is 15.8. The van der Waals surface area contributed by atoms with E-state index in [1.807, 2.05) is 66.7 Å². The Morgan fingerprint density at radius 3 is 2.49 bits per heavy atom. The fourth-order valence-electron chi connectivity index (χ4n) is 7.29. The quantitative estimate of drug-likeness (QED) is 0.101. The van der Waals surface area contributed by atoms with Crippen LogP contribution in [0.1, 0.15) is 52.8 Å². The zero-order chi connectivity index (χ0) is 35.2. The molecule has 51 heavy (non-hydrogen) atoms. The average molecular weight is 689 g/mol. The van der Waals surface area contributed by atoms with Gasteiger partial charge in [0.15, 0.2) is 0 Å². The number of H-pyrrole nitrogens is 1. The summed E-state index contributed by atoms with van der Waals surface area (Å²) in [5, 5.41) is 28.1. The summed E-state index contributed by atoms with van der Waals surface area (Å²) in [7, 11) is 0. The molecule has 10 nitrogen and oxygen atoms in total. The molecule has 2 bridgehead atoms. The van der Waals surface area contributed by atoms with Crippen molar-refractivity contribution in [1.29, 1.82) is 0 Å². The largest absolute Gasteiger partial charge is 0.506 e. The van der Waals surface area contributed by atoms with Crippen LogP contribution in [0.5, 0.6) is 11.5 Å². The Hall–Kier alpha value is -5.16. The van der Waals surface area contributed by atoms with Crippen LogP contribution in [0.15, 0.2) is 108 Å². The Morgan fingerprint density at radius 2 is 1.69 bits per heavy atom. The number of amides is 1. The highest BCUT2D eigenvalue weighted by atomic mass is 16.6. The van der Waals surface area contributed by atoms with Crippen LogP contribution in [0.25, 0.3) is 10.9 Å². The van der Waals surface area contributed by atoms with Gasteiger partial charge in [0.2, 0.25) is 5.56 Å². The van der Waals surface area contributed by atoms with E-state index >= 15 is 0 Å². The van der Waals surface area contributed by atoms with Crippen LogP contribution in [-0.4, -0.2) is 65.0 Å². The lowest BCUT2D eigenvalue weighted by atomic mass is 9.86. The van der Waals surface area contributed by atoms with Gasteiger partial charge in [-0.25, -0.2) is 4.79 Å². The van der Waals surface area contributed by atoms with Crippen molar-refractivity contribution in [3.63, 3.8) is 0 Å². The Kier molecular flexibility index (Phi) is 10.6. The predicted octanol–water partition coefficient (Wildman–Crippen LogP) is 5.59. The summed E-state index contributed by atoms with van der Waals surface area (Å²) < 4.78 is 12.2. The molecule has 0 saturated carbocycles. The zero-order valence-electron chi connectivity index (χ0n) is 28.5. The van der Waals surface area contributed by atoms with Gasteiger partial charge < -0.3 is 35.3 Å². The van der Waals surface area contributed by atoms with E-state index < -0.39 is 18.2 Å². The molecular weight excluding hydrogens is 644 g/mol. The second-order valence-corrected chi connectivity index (χ2v) is 13.5. The number of aromatic nitrogens is 1. The Bertz CT molecular complexity index is 2010. The number of benzene rings is 4. The number of aliphatic hydroxyl groups excluding tert-OH is 1. The van der Waals surface area contributed by atoms with Crippen molar-refractivity contribution in [2.24, 2.45) is 5.92 Å². The lowest BCUT2D eigenvalue weighted by Crippen LogP contribution is -2.52. The minimum Gasteiger partial charge on any atom is -0.506 e. The number of phenolic OH excluding ortho intramolecular Hbond substituents is 1. The fraction of sp³-hybridized carbons (Fsp3) is 0.317. The number of piperidine rings is 3. The second-order valence-electron chi connectivity index (χ2n) is 13.5. The van der Waals surface area contributed by atoms with E-state index in [4.69, 9.17) is 9.47 Å². The lowest BCUT2D eigenvalue weighted by Gasteiger charge is -2.43. The standard InChI is InChI=1S/C41H44N4O6/c46-35-14-12-33(34-13-15-38(48)43-40(34)35)36(47)24-42-19-16-27-6-4-7-28(22-27)26-50-32-11-5-10-31(23-32)39(30-8-2-1-3-9-30)44-41(49)51-37-25-45-20-17-29(37)18-21-45/h1-15,22-23,29,36-37,39,42,46-47H,16-21,24-26H2,(H,43,48)(H,44,49)/t36-,37-,39?/m0/s1. The molecule has 3 atom stereocenters. The van der Waals surface area contributed by atoms with Crippen molar-refractivity contribution in [2.45, 2.75) is 44.1 Å². The van der Waals surface area contributed by atoms with Crippen LogP contribution in [-0.2, 0) is 17.8 Å². The summed E-state index contributed by atoms with van der Waals surface area (Å²) in [5.74, 6) is 1.10. The topological polar surface area (TPSA) is 136 Å². The number of fused-ring (bicyclic) bond motifs is 4. The lowest BCUT2D eigenvalue weighted by molar-refractivity contribution is -0.0336. The molecule has 3 fully saturated rings. The summed E-state index contributed by atoms with van der Waals surface area (Å²) in [4.78, 5) is 29.9. The van der Waals surface area contributed by atoms with Crippen LogP contribution >= 0.6 is 0 Å². The number of pyridine rings is 1. The van der Waals surface area contributed by atoms with Gasteiger partial charge in [-0.3, -0.25) is 9.69 Å². The third-order valence-corrected chi connectivity index (χ3v) is 10.0. The molecule has 3 aliphatic heterocycles. The Labute approximate surface area is 297 Å². The highest BCUT2D eigenvalue weighted by Gasteiger charge is 2.37. The molecule has 0 spiro atoms. The summed E-state index contributed by atoms with van der Waals surface area (Å²) >= 11 is 0. The number of hydrogen-bond acceptors (Lipinski definition) is 8. The third-order valence-electron chi connectivity index (χ3n) is 10.0. The zero-order valence-corrected chi connectivity index (χ0v) is 28.5. The van der Waals surface area contributed by atoms with Crippen molar-refractivity contribution >= 4 is 17.0 Å². The van der Waals surface area contributed by atoms with Gasteiger partial charge in [-0.1, -0.05) is 72.8 Å². The number of hydrogen-bond donors (Lipinski definition) is 5. The molecule has 1 aromatic heterocycles. The van der Waals surface area contributed by atoms with Crippen molar-refractivity contribution in [2.75, 3.05) is 32.7 Å². The number of nitrogens with one attached hydrogen (secondary N) is 3. The van der Waals surface area contributed by atoms with Gasteiger partial charge in [-0.2, -0.15) is 0 Å². The highest BCUT2D eigenvalue weighted by Crippen LogP contribution is 2.31. The maximum atomic E-state index is 13.2. The van der Waals surface area contributed by atoms with Crippen LogP contribution in [0.3, 0.4) is 0 Å². The predicted molar refractivity (Wildman–Crippen MR) is 196 cm³/mol. The Morgan fingerprint density at radius 1 is 0.902 bits per heavy atom.